The van der Waals surface area contributed by atoms with Gasteiger partial charge in [-0.25, -0.2) is 0 Å². The number of halogens is 1. The van der Waals surface area contributed by atoms with Gasteiger partial charge < -0.3 is 15.4 Å². The Hall–Kier alpha value is -2.53. The Bertz CT molecular complexity index is 699. The molecular formula is C16H15ClN2O3. The molecule has 2 N–H and O–H groups in total. The lowest BCUT2D eigenvalue weighted by Gasteiger charge is -2.08. The van der Waals surface area contributed by atoms with E-state index in [1.165, 1.54) is 0 Å². The number of anilines is 2. The maximum atomic E-state index is 11.8. The number of carbonyl (C=O) groups is 2. The second-order valence-electron chi connectivity index (χ2n) is 4.60. The highest BCUT2D eigenvalue weighted by Crippen LogP contribution is 2.20. The average molecular weight is 319 g/mol. The van der Waals surface area contributed by atoms with Crippen LogP contribution in [0.25, 0.3) is 0 Å². The summed E-state index contributed by atoms with van der Waals surface area (Å²) in [6.07, 6.45) is 0. The summed E-state index contributed by atoms with van der Waals surface area (Å²) in [6.45, 7) is 1.85. The van der Waals surface area contributed by atoms with Crippen molar-refractivity contribution in [3.63, 3.8) is 0 Å². The molecule has 5 nitrogen and oxygen atoms in total. The molecule has 2 amide bonds. The zero-order valence-corrected chi connectivity index (χ0v) is 12.9. The van der Waals surface area contributed by atoms with Gasteiger partial charge in [0.2, 0.25) is 0 Å². The van der Waals surface area contributed by atoms with Crippen LogP contribution in [0.15, 0.2) is 42.5 Å². The third-order valence-corrected chi connectivity index (χ3v) is 3.39. The Morgan fingerprint density at radius 2 is 1.50 bits per heavy atom. The number of amides is 2. The minimum atomic E-state index is -0.768. The van der Waals surface area contributed by atoms with Crippen LogP contribution in [0.3, 0.4) is 0 Å². The van der Waals surface area contributed by atoms with Crippen molar-refractivity contribution in [1.29, 1.82) is 0 Å². The molecule has 0 aliphatic carbocycles. The molecule has 0 atom stereocenters. The zero-order valence-electron chi connectivity index (χ0n) is 12.1. The number of aryl methyl sites for hydroxylation is 1. The number of carbonyl (C=O) groups excluding carboxylic acids is 2. The molecule has 2 rings (SSSR count). The predicted octanol–water partition coefficient (Wildman–Crippen LogP) is 3.23. The van der Waals surface area contributed by atoms with Crippen molar-refractivity contribution in [2.75, 3.05) is 17.7 Å². The van der Waals surface area contributed by atoms with E-state index in [1.807, 2.05) is 6.92 Å². The Labute approximate surface area is 133 Å². The summed E-state index contributed by atoms with van der Waals surface area (Å²) in [5.41, 5.74) is 1.86. The smallest absolute Gasteiger partial charge is 0.314 e. The highest BCUT2D eigenvalue weighted by Gasteiger charge is 2.14. The third-order valence-electron chi connectivity index (χ3n) is 2.98. The van der Waals surface area contributed by atoms with Gasteiger partial charge in [-0.1, -0.05) is 17.7 Å². The van der Waals surface area contributed by atoms with Crippen LogP contribution in [-0.2, 0) is 9.59 Å². The van der Waals surface area contributed by atoms with Crippen molar-refractivity contribution in [2.45, 2.75) is 6.92 Å². The second-order valence-corrected chi connectivity index (χ2v) is 5.01. The molecule has 0 aliphatic heterocycles. The SMILES string of the molecule is COc1ccc(NC(=O)C(=O)Nc2ccc(C)c(Cl)c2)cc1. The second kappa shape index (κ2) is 6.95. The van der Waals surface area contributed by atoms with Crippen LogP contribution in [0.1, 0.15) is 5.56 Å². The van der Waals surface area contributed by atoms with Gasteiger partial charge in [-0.2, -0.15) is 0 Å². The summed E-state index contributed by atoms with van der Waals surface area (Å²) in [5, 5.41) is 5.51. The van der Waals surface area contributed by atoms with Crippen LogP contribution in [-0.4, -0.2) is 18.9 Å². The molecule has 0 saturated heterocycles. The average Bonchev–Trinajstić information content (AvgIpc) is 2.51. The van der Waals surface area contributed by atoms with Crippen molar-refractivity contribution < 1.29 is 14.3 Å². The Balaban J connectivity index is 1.99. The van der Waals surface area contributed by atoms with E-state index in [4.69, 9.17) is 16.3 Å². The van der Waals surface area contributed by atoms with Gasteiger partial charge in [-0.3, -0.25) is 9.59 Å². The normalized spacial score (nSPS) is 9.95. The number of methoxy groups -OCH3 is 1. The van der Waals surface area contributed by atoms with Crippen molar-refractivity contribution >= 4 is 34.8 Å². The maximum Gasteiger partial charge on any atom is 0.314 e. The molecular weight excluding hydrogens is 304 g/mol. The molecule has 2 aromatic rings. The lowest BCUT2D eigenvalue weighted by atomic mass is 10.2. The number of hydrogen-bond donors (Lipinski definition) is 2. The van der Waals surface area contributed by atoms with Gasteiger partial charge in [0.1, 0.15) is 5.75 Å². The van der Waals surface area contributed by atoms with Gasteiger partial charge in [0.15, 0.2) is 0 Å². The zero-order chi connectivity index (χ0) is 16.1. The van der Waals surface area contributed by atoms with E-state index in [9.17, 15) is 9.59 Å². The molecule has 0 heterocycles. The van der Waals surface area contributed by atoms with E-state index in [0.29, 0.717) is 22.1 Å². The molecule has 0 spiro atoms. The molecule has 0 aliphatic rings. The minimum absolute atomic E-state index is 0.463. The first-order valence-corrected chi connectivity index (χ1v) is 6.90. The number of rotatable bonds is 3. The topological polar surface area (TPSA) is 67.4 Å². The van der Waals surface area contributed by atoms with E-state index in [1.54, 1.807) is 49.6 Å². The highest BCUT2D eigenvalue weighted by molar-refractivity contribution is 6.43. The van der Waals surface area contributed by atoms with Gasteiger partial charge >= 0.3 is 11.8 Å². The Morgan fingerprint density at radius 3 is 2.05 bits per heavy atom. The van der Waals surface area contributed by atoms with E-state index in [0.717, 1.165) is 5.56 Å². The van der Waals surface area contributed by atoms with Gasteiger partial charge in [0.25, 0.3) is 0 Å². The largest absolute Gasteiger partial charge is 0.497 e. The van der Waals surface area contributed by atoms with Crippen molar-refractivity contribution in [3.05, 3.63) is 53.1 Å². The van der Waals surface area contributed by atoms with Crippen LogP contribution in [0.2, 0.25) is 5.02 Å². The van der Waals surface area contributed by atoms with Gasteiger partial charge in [-0.15, -0.1) is 0 Å². The summed E-state index contributed by atoms with van der Waals surface area (Å²) < 4.78 is 5.02. The molecule has 0 fully saturated rings. The lowest BCUT2D eigenvalue weighted by molar-refractivity contribution is -0.132. The lowest BCUT2D eigenvalue weighted by Crippen LogP contribution is -2.29. The Kier molecular flexibility index (Phi) is 5.01. The van der Waals surface area contributed by atoms with Crippen LogP contribution in [0, 0.1) is 6.92 Å². The summed E-state index contributed by atoms with van der Waals surface area (Å²) in [4.78, 5) is 23.7. The molecule has 114 valence electrons. The van der Waals surface area contributed by atoms with E-state index in [-0.39, 0.29) is 0 Å². The quantitative estimate of drug-likeness (QED) is 0.854. The number of benzene rings is 2. The first-order chi connectivity index (χ1) is 10.5. The van der Waals surface area contributed by atoms with Gasteiger partial charge in [0, 0.05) is 16.4 Å². The van der Waals surface area contributed by atoms with E-state index in [2.05, 4.69) is 10.6 Å². The van der Waals surface area contributed by atoms with Crippen molar-refractivity contribution in [3.8, 4) is 5.75 Å². The van der Waals surface area contributed by atoms with E-state index >= 15 is 0 Å². The molecule has 0 bridgehead atoms. The first-order valence-electron chi connectivity index (χ1n) is 6.52. The highest BCUT2D eigenvalue weighted by atomic mass is 35.5. The molecule has 6 heteroatoms. The standard InChI is InChI=1S/C16H15ClN2O3/c1-10-3-4-12(9-14(10)17)19-16(21)15(20)18-11-5-7-13(22-2)8-6-11/h3-9H,1-2H3,(H,18,20)(H,19,21). The molecule has 22 heavy (non-hydrogen) atoms. The summed E-state index contributed by atoms with van der Waals surface area (Å²) >= 11 is 5.97. The summed E-state index contributed by atoms with van der Waals surface area (Å²) in [5.74, 6) is -0.866. The molecule has 2 aromatic carbocycles. The Morgan fingerprint density at radius 1 is 0.955 bits per heavy atom. The van der Waals surface area contributed by atoms with Crippen LogP contribution < -0.4 is 15.4 Å². The van der Waals surface area contributed by atoms with Crippen molar-refractivity contribution in [2.24, 2.45) is 0 Å². The number of nitrogens with one attached hydrogen (secondary N) is 2. The summed E-state index contributed by atoms with van der Waals surface area (Å²) in [6, 6.07) is 11.7. The van der Waals surface area contributed by atoms with E-state index < -0.39 is 11.8 Å². The fourth-order valence-corrected chi connectivity index (χ4v) is 1.90. The maximum absolute atomic E-state index is 11.8. The number of ether oxygens (including phenoxy) is 1. The molecule has 0 unspecified atom stereocenters. The summed E-state index contributed by atoms with van der Waals surface area (Å²) in [7, 11) is 1.55. The third kappa shape index (κ3) is 3.99. The number of hydrogen-bond acceptors (Lipinski definition) is 3. The van der Waals surface area contributed by atoms with Crippen LogP contribution >= 0.6 is 11.6 Å². The monoisotopic (exact) mass is 318 g/mol. The molecule has 0 radical (unpaired) electrons. The molecule has 0 aromatic heterocycles. The van der Waals surface area contributed by atoms with Crippen LogP contribution in [0.4, 0.5) is 11.4 Å². The van der Waals surface area contributed by atoms with Gasteiger partial charge in [0.05, 0.1) is 7.11 Å². The predicted molar refractivity (Wildman–Crippen MR) is 86.4 cm³/mol. The van der Waals surface area contributed by atoms with Gasteiger partial charge in [-0.05, 0) is 48.9 Å². The minimum Gasteiger partial charge on any atom is -0.497 e. The fourth-order valence-electron chi connectivity index (χ4n) is 1.72. The van der Waals surface area contributed by atoms with Crippen molar-refractivity contribution in [1.82, 2.24) is 0 Å². The fraction of sp³-hybridized carbons (Fsp3) is 0.125. The van der Waals surface area contributed by atoms with Crippen LogP contribution in [0.5, 0.6) is 5.75 Å². The molecule has 0 saturated carbocycles. The first kappa shape index (κ1) is 15.9.